The van der Waals surface area contributed by atoms with Gasteiger partial charge >= 0.3 is 0 Å². The molecule has 3 atom stereocenters. The van der Waals surface area contributed by atoms with Gasteiger partial charge in [0.05, 0.1) is 13.2 Å². The van der Waals surface area contributed by atoms with E-state index in [4.69, 9.17) is 9.73 Å². The van der Waals surface area contributed by atoms with Crippen LogP contribution in [0.3, 0.4) is 0 Å². The first-order valence-electron chi connectivity index (χ1n) is 9.46. The van der Waals surface area contributed by atoms with Crippen molar-refractivity contribution >= 4 is 5.96 Å². The molecular weight excluding hydrogens is 314 g/mol. The summed E-state index contributed by atoms with van der Waals surface area (Å²) < 4.78 is 5.57. The lowest BCUT2D eigenvalue weighted by Crippen LogP contribution is -2.40. The third-order valence-corrected chi connectivity index (χ3v) is 5.44. The summed E-state index contributed by atoms with van der Waals surface area (Å²) in [5.41, 5.74) is 2.80. The molecule has 3 N–H and O–H groups in total. The molecule has 2 fully saturated rings. The fourth-order valence-corrected chi connectivity index (χ4v) is 3.73. The Morgan fingerprint density at radius 1 is 1.40 bits per heavy atom. The zero-order valence-electron chi connectivity index (χ0n) is 15.4. The quantitative estimate of drug-likeness (QED) is 0.524. The van der Waals surface area contributed by atoms with Gasteiger partial charge in [-0.2, -0.15) is 0 Å². The van der Waals surface area contributed by atoms with Gasteiger partial charge in [0.15, 0.2) is 5.96 Å². The number of hydrogen-bond donors (Lipinski definition) is 3. The van der Waals surface area contributed by atoms with Crippen molar-refractivity contribution in [2.75, 3.05) is 32.9 Å². The lowest BCUT2D eigenvalue weighted by molar-refractivity contribution is 0.131. The molecule has 1 aliphatic heterocycles. The Hall–Kier alpha value is -1.59. The van der Waals surface area contributed by atoms with Gasteiger partial charge in [-0.25, -0.2) is 0 Å². The summed E-state index contributed by atoms with van der Waals surface area (Å²) in [5.74, 6) is 1.46. The number of ether oxygens (including phenoxy) is 1. The average Bonchev–Trinajstić information content (AvgIpc) is 3.20. The number of hydrogen-bond acceptors (Lipinski definition) is 3. The molecule has 0 amide bonds. The molecule has 0 spiro atoms. The Bertz CT molecular complexity index is 596. The largest absolute Gasteiger partial charge is 0.396 e. The molecule has 1 aliphatic carbocycles. The van der Waals surface area contributed by atoms with Crippen LogP contribution in [0.25, 0.3) is 0 Å². The van der Waals surface area contributed by atoms with Crippen LogP contribution >= 0.6 is 0 Å². The predicted molar refractivity (Wildman–Crippen MR) is 101 cm³/mol. The van der Waals surface area contributed by atoms with Gasteiger partial charge in [0, 0.05) is 37.1 Å². The zero-order chi connectivity index (χ0) is 17.7. The Kier molecular flexibility index (Phi) is 5.97. The molecule has 1 saturated carbocycles. The van der Waals surface area contributed by atoms with Crippen LogP contribution in [0.2, 0.25) is 0 Å². The summed E-state index contributed by atoms with van der Waals surface area (Å²) in [6.45, 7) is 7.49. The molecule has 138 valence electrons. The normalized spacial score (nSPS) is 28.8. The maximum absolute atomic E-state index is 9.37. The number of aliphatic imine (C=N–C) groups is 1. The Balaban J connectivity index is 1.61. The van der Waals surface area contributed by atoms with E-state index in [2.05, 4.69) is 48.7 Å². The molecule has 2 aliphatic rings. The fraction of sp³-hybridized carbons (Fsp3) is 0.650. The van der Waals surface area contributed by atoms with Crippen molar-refractivity contribution in [3.8, 4) is 0 Å². The van der Waals surface area contributed by atoms with Crippen molar-refractivity contribution in [3.63, 3.8) is 0 Å². The third kappa shape index (κ3) is 4.53. The van der Waals surface area contributed by atoms with E-state index in [1.54, 1.807) is 0 Å². The van der Waals surface area contributed by atoms with E-state index in [1.807, 2.05) is 0 Å². The Morgan fingerprint density at radius 2 is 2.24 bits per heavy atom. The number of nitrogens with zero attached hydrogens (tertiary/aromatic N) is 1. The molecule has 0 bridgehead atoms. The van der Waals surface area contributed by atoms with Gasteiger partial charge < -0.3 is 20.5 Å². The van der Waals surface area contributed by atoms with Crippen molar-refractivity contribution in [2.45, 2.75) is 45.1 Å². The van der Waals surface area contributed by atoms with Crippen molar-refractivity contribution in [1.82, 2.24) is 10.6 Å². The summed E-state index contributed by atoms with van der Waals surface area (Å²) in [7, 11) is 0. The lowest BCUT2D eigenvalue weighted by Gasteiger charge is -2.25. The molecule has 1 saturated heterocycles. The van der Waals surface area contributed by atoms with E-state index in [9.17, 15) is 5.11 Å². The molecule has 25 heavy (non-hydrogen) atoms. The molecule has 0 radical (unpaired) electrons. The number of guanidine groups is 1. The van der Waals surface area contributed by atoms with Crippen molar-refractivity contribution in [3.05, 3.63) is 35.4 Å². The second kappa shape index (κ2) is 8.19. The molecule has 1 aromatic carbocycles. The molecular formula is C20H31N3O2. The highest BCUT2D eigenvalue weighted by Crippen LogP contribution is 2.42. The minimum atomic E-state index is -0.00390. The van der Waals surface area contributed by atoms with Crippen LogP contribution < -0.4 is 10.6 Å². The number of benzene rings is 1. The third-order valence-electron chi connectivity index (χ3n) is 5.44. The van der Waals surface area contributed by atoms with Gasteiger partial charge in [-0.05, 0) is 44.2 Å². The van der Waals surface area contributed by atoms with E-state index in [0.29, 0.717) is 25.1 Å². The van der Waals surface area contributed by atoms with E-state index in [-0.39, 0.29) is 12.0 Å². The highest BCUT2D eigenvalue weighted by Gasteiger charge is 2.40. The molecule has 3 rings (SSSR count). The molecule has 3 unspecified atom stereocenters. The van der Waals surface area contributed by atoms with Crippen LogP contribution in [0.1, 0.15) is 43.2 Å². The first kappa shape index (κ1) is 18.2. The predicted octanol–water partition coefficient (Wildman–Crippen LogP) is 2.20. The topological polar surface area (TPSA) is 65.9 Å². The highest BCUT2D eigenvalue weighted by atomic mass is 16.5. The summed E-state index contributed by atoms with van der Waals surface area (Å²) in [6.07, 6.45) is 2.89. The minimum Gasteiger partial charge on any atom is -0.396 e. The van der Waals surface area contributed by atoms with Crippen molar-refractivity contribution < 1.29 is 9.84 Å². The van der Waals surface area contributed by atoms with Gasteiger partial charge in [0.1, 0.15) is 0 Å². The first-order chi connectivity index (χ1) is 12.2. The molecule has 0 aromatic heterocycles. The van der Waals surface area contributed by atoms with Crippen LogP contribution in [-0.4, -0.2) is 50.0 Å². The first-order valence-corrected chi connectivity index (χ1v) is 9.46. The molecule has 1 heterocycles. The zero-order valence-corrected chi connectivity index (χ0v) is 15.4. The van der Waals surface area contributed by atoms with Crippen LogP contribution in [0.4, 0.5) is 0 Å². The lowest BCUT2D eigenvalue weighted by atomic mass is 9.84. The highest BCUT2D eigenvalue weighted by molar-refractivity contribution is 5.80. The molecule has 1 aromatic rings. The summed E-state index contributed by atoms with van der Waals surface area (Å²) >= 11 is 0. The van der Waals surface area contributed by atoms with Crippen LogP contribution in [0.5, 0.6) is 0 Å². The van der Waals surface area contributed by atoms with Gasteiger partial charge in [-0.15, -0.1) is 0 Å². The monoisotopic (exact) mass is 345 g/mol. The number of aliphatic hydroxyl groups excluding tert-OH is 1. The van der Waals surface area contributed by atoms with Crippen LogP contribution in [0.15, 0.2) is 29.3 Å². The smallest absolute Gasteiger partial charge is 0.191 e. The summed E-state index contributed by atoms with van der Waals surface area (Å²) in [5, 5.41) is 16.3. The second-order valence-electron chi connectivity index (χ2n) is 7.42. The minimum absolute atomic E-state index is 0.00390. The van der Waals surface area contributed by atoms with Gasteiger partial charge in [0.25, 0.3) is 0 Å². The number of aliphatic hydroxyl groups is 1. The van der Waals surface area contributed by atoms with Crippen molar-refractivity contribution in [1.29, 1.82) is 0 Å². The number of rotatable bonds is 7. The van der Waals surface area contributed by atoms with Gasteiger partial charge in [-0.1, -0.05) is 24.3 Å². The maximum Gasteiger partial charge on any atom is 0.191 e. The van der Waals surface area contributed by atoms with E-state index in [0.717, 1.165) is 38.4 Å². The maximum atomic E-state index is 9.37. The standard InChI is InChI=1S/C20H31N3O2/c1-3-21-19(22-13-20(8-10-24)9-11-25-14-20)23-18-12-17(18)16-7-5-4-6-15(16)2/h4-7,17-18,24H,3,8-14H2,1-2H3,(H2,21,22,23). The van der Waals surface area contributed by atoms with Gasteiger partial charge in [0.2, 0.25) is 0 Å². The number of aryl methyl sites for hydroxylation is 1. The fourth-order valence-electron chi connectivity index (χ4n) is 3.73. The van der Waals surface area contributed by atoms with Crippen molar-refractivity contribution in [2.24, 2.45) is 10.4 Å². The van der Waals surface area contributed by atoms with E-state index < -0.39 is 0 Å². The van der Waals surface area contributed by atoms with Crippen LogP contribution in [0, 0.1) is 12.3 Å². The second-order valence-corrected chi connectivity index (χ2v) is 7.42. The summed E-state index contributed by atoms with van der Waals surface area (Å²) in [4.78, 5) is 4.82. The Morgan fingerprint density at radius 3 is 2.92 bits per heavy atom. The molecule has 5 heteroatoms. The SMILES string of the molecule is CCNC(=NCC1(CCO)CCOC1)NC1CC1c1ccccc1C. The Labute approximate surface area is 150 Å². The van der Waals surface area contributed by atoms with E-state index in [1.165, 1.54) is 11.1 Å². The average molecular weight is 345 g/mol. The number of nitrogens with one attached hydrogen (secondary N) is 2. The molecule has 5 nitrogen and oxygen atoms in total. The summed E-state index contributed by atoms with van der Waals surface area (Å²) in [6, 6.07) is 9.09. The van der Waals surface area contributed by atoms with Crippen LogP contribution in [-0.2, 0) is 4.74 Å². The van der Waals surface area contributed by atoms with E-state index >= 15 is 0 Å². The van der Waals surface area contributed by atoms with Gasteiger partial charge in [-0.3, -0.25) is 4.99 Å².